The Balaban J connectivity index is -0.0000000288. The van der Waals surface area contributed by atoms with Crippen molar-refractivity contribution in [3.8, 4) is 0 Å². The average molecular weight is 598 g/mol. The first-order chi connectivity index (χ1) is 6.20. The van der Waals surface area contributed by atoms with Crippen molar-refractivity contribution >= 4 is 92.9 Å². The van der Waals surface area contributed by atoms with Crippen LogP contribution in [-0.4, -0.2) is 120 Å². The number of aliphatic carboxylic acids is 2. The van der Waals surface area contributed by atoms with Gasteiger partial charge < -0.3 is 45.3 Å². The van der Waals surface area contributed by atoms with E-state index in [9.17, 15) is 19.8 Å². The second-order valence-corrected chi connectivity index (χ2v) is 1.75. The maximum atomic E-state index is 9.63. The van der Waals surface area contributed by atoms with Gasteiger partial charge in [0.15, 0.2) is 0 Å². The van der Waals surface area contributed by atoms with Crippen molar-refractivity contribution in [3.05, 3.63) is 15.3 Å². The SMILES string of the molecule is O=C([O-])C(O)C(O)C(=O)[O-].O=[N+]([O-])[O-].[Ag+].[Ag+].[Ag+].[KH].[NaH]. The predicted molar refractivity (Wildman–Crippen MR) is 46.7 cm³/mol. The number of carbonyl (C=O) groups excluding carboxylic acids is 2. The standard InChI is InChI=1S/C4H6O6.3Ag.K.NO3.Na.2H/c5-1(3(7)8)2(6)4(9)10;;;;;2-1(3)4;;;/h1-2,5-6H,(H,7,8)(H,9,10);;;;;;;;/q;3*+1;;-1;;;/p-2. The van der Waals surface area contributed by atoms with Crippen LogP contribution in [-0.2, 0) is 76.7 Å². The molecule has 0 aromatic carbocycles. The molecule has 2 N–H and O–H groups in total. The van der Waals surface area contributed by atoms with Crippen molar-refractivity contribution in [2.24, 2.45) is 0 Å². The van der Waals surface area contributed by atoms with E-state index in [4.69, 9.17) is 25.5 Å². The number of aliphatic hydroxyl groups is 2. The maximum absolute atomic E-state index is 9.63. The van der Waals surface area contributed by atoms with E-state index < -0.39 is 29.2 Å². The summed E-state index contributed by atoms with van der Waals surface area (Å²) in [6.45, 7) is 0. The van der Waals surface area contributed by atoms with E-state index in [1.165, 1.54) is 0 Å². The molecule has 0 heterocycles. The van der Waals surface area contributed by atoms with Crippen LogP contribution in [0.2, 0.25) is 0 Å². The van der Waals surface area contributed by atoms with Crippen LogP contribution in [0.1, 0.15) is 0 Å². The summed E-state index contributed by atoms with van der Waals surface area (Å²) in [6, 6.07) is 0. The minimum absolute atomic E-state index is 0. The van der Waals surface area contributed by atoms with Gasteiger partial charge in [0.25, 0.3) is 0 Å². The van der Waals surface area contributed by atoms with E-state index in [0.717, 1.165) is 0 Å². The first-order valence-electron chi connectivity index (χ1n) is 2.79. The summed E-state index contributed by atoms with van der Waals surface area (Å²) < 4.78 is 0. The average Bonchev–Trinajstić information content (AvgIpc) is 2.00. The van der Waals surface area contributed by atoms with Gasteiger partial charge in [-0.1, -0.05) is 0 Å². The summed E-state index contributed by atoms with van der Waals surface area (Å²) in [6.07, 6.45) is -4.88. The van der Waals surface area contributed by atoms with Crippen molar-refractivity contribution in [1.29, 1.82) is 0 Å². The van der Waals surface area contributed by atoms with Gasteiger partial charge in [-0.25, -0.2) is 0 Å². The summed E-state index contributed by atoms with van der Waals surface area (Å²) in [5, 5.41) is 50.5. The molecular weight excluding hydrogens is 592 g/mol. The molecular formula is C4H6Ag3KNNaO9. The van der Waals surface area contributed by atoms with Gasteiger partial charge in [0, 0.05) is 0 Å². The molecule has 0 radical (unpaired) electrons. The van der Waals surface area contributed by atoms with Crippen LogP contribution in [0.3, 0.4) is 0 Å². The molecule has 2 unspecified atom stereocenters. The van der Waals surface area contributed by atoms with Crippen LogP contribution < -0.4 is 10.2 Å². The Morgan fingerprint density at radius 2 is 1.00 bits per heavy atom. The van der Waals surface area contributed by atoms with E-state index in [1.807, 2.05) is 0 Å². The van der Waals surface area contributed by atoms with Crippen LogP contribution in [0.25, 0.3) is 0 Å². The molecule has 15 heteroatoms. The number of hydrogen-bond donors (Lipinski definition) is 2. The van der Waals surface area contributed by atoms with Crippen LogP contribution in [0.5, 0.6) is 0 Å². The Labute approximate surface area is 218 Å². The van der Waals surface area contributed by atoms with Gasteiger partial charge in [-0.3, -0.25) is 0 Å². The minimum atomic E-state index is -2.44. The Hall–Kier alpha value is 2.92. The third kappa shape index (κ3) is 33.6. The topological polar surface area (TPSA) is 187 Å². The molecule has 0 aliphatic carbocycles. The second kappa shape index (κ2) is 25.8. The third-order valence-electron chi connectivity index (χ3n) is 0.782. The number of carbonyl (C=O) groups is 2. The van der Waals surface area contributed by atoms with Crippen LogP contribution in [0.4, 0.5) is 0 Å². The molecule has 0 spiro atoms. The molecule has 0 amide bonds. The monoisotopic (exact) mass is 595 g/mol. The molecule has 0 fully saturated rings. The fourth-order valence-corrected chi connectivity index (χ4v) is 0.258. The zero-order valence-electron chi connectivity index (χ0n) is 7.26. The van der Waals surface area contributed by atoms with E-state index in [0.29, 0.717) is 0 Å². The van der Waals surface area contributed by atoms with E-state index >= 15 is 0 Å². The summed E-state index contributed by atoms with van der Waals surface area (Å²) in [7, 11) is 0. The molecule has 0 saturated heterocycles. The Morgan fingerprint density at radius 1 is 0.895 bits per heavy atom. The normalized spacial score (nSPS) is 9.58. The molecule has 0 bridgehead atoms. The van der Waals surface area contributed by atoms with Crippen LogP contribution in [0.15, 0.2) is 0 Å². The molecule has 0 aliphatic heterocycles. The number of hydrogen-bond acceptors (Lipinski definition) is 9. The number of nitrogens with zero attached hydrogens (tertiary/aromatic N) is 1. The van der Waals surface area contributed by atoms with E-state index in [-0.39, 0.29) is 148 Å². The summed E-state index contributed by atoms with van der Waals surface area (Å²) >= 11 is 0. The van der Waals surface area contributed by atoms with Crippen molar-refractivity contribution in [3.63, 3.8) is 0 Å². The molecule has 0 aliphatic rings. The molecule has 0 saturated carbocycles. The van der Waals surface area contributed by atoms with Crippen molar-refractivity contribution in [2.75, 3.05) is 0 Å². The predicted octanol–water partition coefficient (Wildman–Crippen LogP) is -6.34. The molecule has 0 rings (SSSR count). The van der Waals surface area contributed by atoms with Gasteiger partial charge >= 0.3 is 148 Å². The zero-order chi connectivity index (χ0) is 11.9. The summed E-state index contributed by atoms with van der Waals surface area (Å²) in [4.78, 5) is 27.5. The van der Waals surface area contributed by atoms with E-state index in [2.05, 4.69) is 0 Å². The molecule has 0 aromatic heterocycles. The van der Waals surface area contributed by atoms with Gasteiger partial charge in [-0.2, -0.15) is 0 Å². The Morgan fingerprint density at radius 3 is 1.05 bits per heavy atom. The van der Waals surface area contributed by atoms with E-state index in [1.54, 1.807) is 0 Å². The number of carboxylic acid groups (broad SMARTS) is 2. The summed E-state index contributed by atoms with van der Waals surface area (Å²) in [5.74, 6) is -4.12. The van der Waals surface area contributed by atoms with Crippen molar-refractivity contribution in [2.45, 2.75) is 12.2 Å². The second-order valence-electron chi connectivity index (χ2n) is 1.75. The first kappa shape index (κ1) is 43.1. The van der Waals surface area contributed by atoms with Crippen molar-refractivity contribution in [1.82, 2.24) is 0 Å². The van der Waals surface area contributed by atoms with Crippen LogP contribution in [0, 0.1) is 15.3 Å². The van der Waals surface area contributed by atoms with Crippen LogP contribution >= 0.6 is 0 Å². The molecule has 10 nitrogen and oxygen atoms in total. The fraction of sp³-hybridized carbons (Fsp3) is 0.500. The van der Waals surface area contributed by atoms with Gasteiger partial charge in [0.05, 0.1) is 17.0 Å². The molecule has 19 heavy (non-hydrogen) atoms. The Bertz CT molecular complexity index is 226. The first-order valence-corrected chi connectivity index (χ1v) is 2.79. The fourth-order valence-electron chi connectivity index (χ4n) is 0.258. The number of aliphatic hydroxyl groups excluding tert-OH is 2. The zero-order valence-corrected chi connectivity index (χ0v) is 11.7. The third-order valence-corrected chi connectivity index (χ3v) is 0.782. The van der Waals surface area contributed by atoms with Crippen molar-refractivity contribution < 1.29 is 102 Å². The molecule has 116 valence electrons. The Kier molecular flexibility index (Phi) is 58.6. The van der Waals surface area contributed by atoms with Gasteiger partial charge in [0.1, 0.15) is 12.2 Å². The van der Waals surface area contributed by atoms with Gasteiger partial charge in [0.2, 0.25) is 0 Å². The number of rotatable bonds is 3. The van der Waals surface area contributed by atoms with Gasteiger partial charge in [-0.05, 0) is 0 Å². The molecule has 2 atom stereocenters. The quantitative estimate of drug-likeness (QED) is 0.181. The summed E-state index contributed by atoms with van der Waals surface area (Å²) in [5.41, 5.74) is 0. The van der Waals surface area contributed by atoms with Gasteiger partial charge in [-0.15, -0.1) is 0 Å². The number of carboxylic acids is 2. The molecule has 0 aromatic rings.